The Labute approximate surface area is 479 Å². The van der Waals surface area contributed by atoms with E-state index in [0.717, 1.165) is 40.1 Å². The van der Waals surface area contributed by atoms with Crippen LogP contribution >= 0.6 is 0 Å². The molecule has 0 radical (unpaired) electrons. The van der Waals surface area contributed by atoms with E-state index in [1.807, 2.05) is 0 Å². The minimum Gasteiger partial charge on any atom is -0.456 e. The van der Waals surface area contributed by atoms with Gasteiger partial charge in [-0.2, -0.15) is 0 Å². The second-order valence-electron chi connectivity index (χ2n) is 28.6. The molecule has 1 heterocycles. The summed E-state index contributed by atoms with van der Waals surface area (Å²) in [6.45, 7) is 23.4. The highest BCUT2D eigenvalue weighted by atomic mass is 16.3. The van der Waals surface area contributed by atoms with Crippen molar-refractivity contribution in [2.24, 2.45) is 23.7 Å². The Morgan fingerprint density at radius 1 is 0.346 bits per heavy atom. The SMILES string of the molecule is CC(C)(C)c1ccc(N(c2ccc3c(c2)C(C)(C)c2ccccc2-3)c2ccc3c(c2)C2(c4cc5oc6cc(N(c7ccc(C(C)(C)C)cc7)c7ccc8c(c7)C(C)(C)c7ccccc7-8)ccc6c5cc4-3)C3CC4CC(C3)CC2C4)cc1. The van der Waals surface area contributed by atoms with Crippen molar-refractivity contribution in [2.45, 2.75) is 128 Å². The van der Waals surface area contributed by atoms with Crippen molar-refractivity contribution < 1.29 is 4.42 Å². The van der Waals surface area contributed by atoms with Crippen molar-refractivity contribution in [1.29, 1.82) is 0 Å². The zero-order chi connectivity index (χ0) is 55.3. The quantitative estimate of drug-likeness (QED) is 0.165. The lowest BCUT2D eigenvalue weighted by molar-refractivity contribution is -0.0399. The van der Waals surface area contributed by atoms with Crippen LogP contribution in [0.1, 0.15) is 146 Å². The fourth-order valence-electron chi connectivity index (χ4n) is 17.5. The molecule has 4 bridgehead atoms. The molecule has 1 aromatic heterocycles. The number of fused-ring (bicyclic) bond motifs is 12. The lowest BCUT2D eigenvalue weighted by Crippen LogP contribution is -2.55. The molecule has 4 saturated carbocycles. The van der Waals surface area contributed by atoms with Gasteiger partial charge in [0.15, 0.2) is 0 Å². The molecule has 3 heteroatoms. The van der Waals surface area contributed by atoms with Crippen molar-refractivity contribution >= 4 is 56.1 Å². The van der Waals surface area contributed by atoms with Crippen LogP contribution in [0.25, 0.3) is 55.3 Å². The minimum absolute atomic E-state index is 0.0473. The molecule has 0 atom stereocenters. The first-order valence-electron chi connectivity index (χ1n) is 30.3. The van der Waals surface area contributed by atoms with Gasteiger partial charge in [0, 0.05) is 67.2 Å². The number of benzene rings is 9. The third-order valence-electron chi connectivity index (χ3n) is 21.4. The molecule has 0 N–H and O–H groups in total. The highest BCUT2D eigenvalue weighted by molar-refractivity contribution is 6.09. The maximum Gasteiger partial charge on any atom is 0.137 e. The third kappa shape index (κ3) is 7.00. The van der Waals surface area contributed by atoms with Crippen LogP contribution in [-0.4, -0.2) is 0 Å². The predicted octanol–water partition coefficient (Wildman–Crippen LogP) is 21.5. The Morgan fingerprint density at radius 2 is 0.728 bits per heavy atom. The van der Waals surface area contributed by atoms with Gasteiger partial charge in [0.25, 0.3) is 0 Å². The van der Waals surface area contributed by atoms with E-state index in [4.69, 9.17) is 4.42 Å². The predicted molar refractivity (Wildman–Crippen MR) is 339 cm³/mol. The molecule has 0 unspecified atom stereocenters. The van der Waals surface area contributed by atoms with Crippen LogP contribution in [-0.2, 0) is 27.1 Å². The first kappa shape index (κ1) is 49.2. The van der Waals surface area contributed by atoms with Crippen molar-refractivity contribution in [3.63, 3.8) is 0 Å². The summed E-state index contributed by atoms with van der Waals surface area (Å²) in [5, 5.41) is 2.37. The minimum atomic E-state index is -0.119. The van der Waals surface area contributed by atoms with E-state index >= 15 is 0 Å². The zero-order valence-electron chi connectivity index (χ0n) is 49.0. The fourth-order valence-corrected chi connectivity index (χ4v) is 17.5. The Hall–Kier alpha value is -7.62. The standard InChI is InChI=1S/C78H74N2O/c1-74(2,3)48-19-23-52(24-20-48)79(54-27-31-60-58-15-11-13-17-66(58)76(7,8)68(60)40-54)56-29-33-62-64-44-65-63-34-30-57(43-72(63)81-73(65)45-71(64)78(70(62)42-56)50-36-46-35-47(38-50)39-51(78)37-46)80(53-25-21-49(22-26-53)75(4,5)6)55-28-32-61-59-16-12-14-18-67(59)77(9,10)69(61)41-55/h11-34,40-47,50-51H,35-39H2,1-10H3. The number of furan rings is 1. The fraction of sp³-hybridized carbons (Fsp3) is 0.308. The normalized spacial score (nSPS) is 22.0. The average molecular weight is 1060 g/mol. The maximum absolute atomic E-state index is 7.29. The Balaban J connectivity index is 0.851. The highest BCUT2D eigenvalue weighted by Gasteiger charge is 2.62. The number of rotatable bonds is 6. The molecule has 10 aromatic rings. The van der Waals surface area contributed by atoms with Crippen molar-refractivity contribution in [3.05, 3.63) is 226 Å². The third-order valence-corrected chi connectivity index (χ3v) is 21.4. The monoisotopic (exact) mass is 1050 g/mol. The molecule has 17 rings (SSSR count). The number of nitrogens with zero attached hydrogens (tertiary/aromatic N) is 2. The summed E-state index contributed by atoms with van der Waals surface area (Å²) in [5.41, 5.74) is 28.2. The van der Waals surface area contributed by atoms with Gasteiger partial charge in [-0.15, -0.1) is 0 Å². The first-order chi connectivity index (χ1) is 38.8. The van der Waals surface area contributed by atoms with Crippen molar-refractivity contribution in [2.75, 3.05) is 9.80 Å². The molecular formula is C78H74N2O. The second-order valence-corrected chi connectivity index (χ2v) is 28.6. The van der Waals surface area contributed by atoms with E-state index in [9.17, 15) is 0 Å². The summed E-state index contributed by atoms with van der Waals surface area (Å²) in [4.78, 5) is 5.02. The molecule has 0 amide bonds. The Morgan fingerprint density at radius 3 is 1.21 bits per heavy atom. The lowest BCUT2D eigenvalue weighted by Gasteiger charge is -2.61. The summed E-state index contributed by atoms with van der Waals surface area (Å²) < 4.78 is 7.29. The lowest BCUT2D eigenvalue weighted by atomic mass is 9.43. The summed E-state index contributed by atoms with van der Waals surface area (Å²) >= 11 is 0. The highest BCUT2D eigenvalue weighted by Crippen LogP contribution is 2.70. The van der Waals surface area contributed by atoms with Gasteiger partial charge in [-0.05, 0) is 229 Å². The van der Waals surface area contributed by atoms with Crippen LogP contribution in [0.2, 0.25) is 0 Å². The molecule has 4 fully saturated rings. The van der Waals surface area contributed by atoms with E-state index in [1.54, 1.807) is 5.56 Å². The topological polar surface area (TPSA) is 19.6 Å². The smallest absolute Gasteiger partial charge is 0.137 e. The van der Waals surface area contributed by atoms with Crippen LogP contribution < -0.4 is 9.80 Å². The maximum atomic E-state index is 7.29. The number of anilines is 6. The summed E-state index contributed by atoms with van der Waals surface area (Å²) in [7, 11) is 0. The molecule has 81 heavy (non-hydrogen) atoms. The van der Waals surface area contributed by atoms with E-state index in [1.165, 1.54) is 132 Å². The average Bonchev–Trinajstić information content (AvgIpc) is 4.28. The van der Waals surface area contributed by atoms with Gasteiger partial charge >= 0.3 is 0 Å². The molecule has 1 spiro atoms. The van der Waals surface area contributed by atoms with E-state index in [2.05, 4.69) is 261 Å². The second kappa shape index (κ2) is 16.8. The number of hydrogen-bond acceptors (Lipinski definition) is 3. The van der Waals surface area contributed by atoms with Gasteiger partial charge in [-0.1, -0.05) is 160 Å². The van der Waals surface area contributed by atoms with Gasteiger partial charge in [0.1, 0.15) is 11.2 Å². The summed E-state index contributed by atoms with van der Waals surface area (Å²) in [6, 6.07) is 70.7. The van der Waals surface area contributed by atoms with E-state index in [0.29, 0.717) is 11.8 Å². The van der Waals surface area contributed by atoms with Gasteiger partial charge in [0.05, 0.1) is 0 Å². The zero-order valence-corrected chi connectivity index (χ0v) is 49.0. The van der Waals surface area contributed by atoms with Crippen LogP contribution in [0.5, 0.6) is 0 Å². The van der Waals surface area contributed by atoms with Crippen LogP contribution in [0.3, 0.4) is 0 Å². The van der Waals surface area contributed by atoms with Gasteiger partial charge in [0.2, 0.25) is 0 Å². The molecule has 0 saturated heterocycles. The van der Waals surface area contributed by atoms with Crippen LogP contribution in [0, 0.1) is 23.7 Å². The molecule has 7 aliphatic carbocycles. The summed E-state index contributed by atoms with van der Waals surface area (Å²) in [6.07, 6.45) is 6.67. The summed E-state index contributed by atoms with van der Waals surface area (Å²) in [5.74, 6) is 2.86. The van der Waals surface area contributed by atoms with Crippen LogP contribution in [0.15, 0.2) is 186 Å². The van der Waals surface area contributed by atoms with E-state index < -0.39 is 0 Å². The molecule has 0 aliphatic heterocycles. The van der Waals surface area contributed by atoms with Gasteiger partial charge in [-0.3, -0.25) is 0 Å². The van der Waals surface area contributed by atoms with Crippen molar-refractivity contribution in [3.8, 4) is 33.4 Å². The molecular weight excluding hydrogens is 981 g/mol. The van der Waals surface area contributed by atoms with E-state index in [-0.39, 0.29) is 27.1 Å². The van der Waals surface area contributed by atoms with Crippen LogP contribution in [0.4, 0.5) is 34.1 Å². The molecule has 9 aromatic carbocycles. The first-order valence-corrected chi connectivity index (χ1v) is 30.3. The van der Waals surface area contributed by atoms with Gasteiger partial charge < -0.3 is 14.2 Å². The molecule has 402 valence electrons. The Bertz CT molecular complexity index is 4240. The Kier molecular flexibility index (Phi) is 10.2. The number of hydrogen-bond donors (Lipinski definition) is 0. The largest absolute Gasteiger partial charge is 0.456 e. The molecule has 7 aliphatic rings. The van der Waals surface area contributed by atoms with Crippen molar-refractivity contribution in [1.82, 2.24) is 0 Å². The molecule has 3 nitrogen and oxygen atoms in total. The van der Waals surface area contributed by atoms with Gasteiger partial charge in [-0.25, -0.2) is 0 Å².